The Labute approximate surface area is 221 Å². The molecule has 202 valence electrons. The Morgan fingerprint density at radius 1 is 1.05 bits per heavy atom. The van der Waals surface area contributed by atoms with Gasteiger partial charge in [0.2, 0.25) is 17.7 Å². The van der Waals surface area contributed by atoms with Crippen LogP contribution in [0.4, 0.5) is 0 Å². The molecular formula is C25H36N6O5S. The van der Waals surface area contributed by atoms with Gasteiger partial charge in [-0.3, -0.25) is 14.4 Å². The Morgan fingerprint density at radius 3 is 2.46 bits per heavy atom. The van der Waals surface area contributed by atoms with E-state index in [9.17, 15) is 24.3 Å². The van der Waals surface area contributed by atoms with Crippen molar-refractivity contribution in [3.63, 3.8) is 0 Å². The first-order valence-corrected chi connectivity index (χ1v) is 13.2. The molecule has 1 aromatic carbocycles. The number of thiol groups is 1. The number of hydrogen-bond acceptors (Lipinski definition) is 7. The van der Waals surface area contributed by atoms with Gasteiger partial charge in [-0.15, -0.1) is 0 Å². The number of unbranched alkanes of at least 4 members (excludes halogenated alkanes) is 1. The minimum absolute atomic E-state index is 0.110. The largest absolute Gasteiger partial charge is 0.480 e. The lowest BCUT2D eigenvalue weighted by Crippen LogP contribution is -2.57. The van der Waals surface area contributed by atoms with Crippen LogP contribution in [0.5, 0.6) is 0 Å². The lowest BCUT2D eigenvalue weighted by Gasteiger charge is -2.25. The summed E-state index contributed by atoms with van der Waals surface area (Å²) in [6, 6.07) is 4.03. The summed E-state index contributed by atoms with van der Waals surface area (Å²) in [6.45, 7) is 1.20. The van der Waals surface area contributed by atoms with E-state index in [2.05, 4.69) is 38.9 Å². The SMILES string of the molecule is NCCCCC(NC(=O)C1CCCN1)C(=O)NC(Cc1c[nH]c2ccccc12)C(=O)NC(CS)C(=O)O. The van der Waals surface area contributed by atoms with Crippen molar-refractivity contribution < 1.29 is 24.3 Å². The zero-order chi connectivity index (χ0) is 26.8. The molecule has 3 amide bonds. The van der Waals surface area contributed by atoms with Gasteiger partial charge in [-0.1, -0.05) is 18.2 Å². The number of aromatic nitrogens is 1. The molecule has 1 aromatic heterocycles. The van der Waals surface area contributed by atoms with Crippen molar-refractivity contribution >= 4 is 47.2 Å². The van der Waals surface area contributed by atoms with Crippen molar-refractivity contribution in [3.05, 3.63) is 36.0 Å². The third-order valence-corrected chi connectivity index (χ3v) is 6.85. The van der Waals surface area contributed by atoms with Crippen molar-refractivity contribution in [2.45, 2.75) is 62.7 Å². The molecule has 0 radical (unpaired) electrons. The molecule has 1 aliphatic heterocycles. The average molecular weight is 533 g/mol. The minimum atomic E-state index is -1.23. The molecule has 0 saturated carbocycles. The molecule has 2 heterocycles. The van der Waals surface area contributed by atoms with Crippen LogP contribution in [0.15, 0.2) is 30.5 Å². The number of hydrogen-bond donors (Lipinski definition) is 8. The minimum Gasteiger partial charge on any atom is -0.480 e. The fourth-order valence-electron chi connectivity index (χ4n) is 4.40. The quantitative estimate of drug-likeness (QED) is 0.125. The highest BCUT2D eigenvalue weighted by molar-refractivity contribution is 7.80. The van der Waals surface area contributed by atoms with Crippen LogP contribution in [0.25, 0.3) is 10.9 Å². The van der Waals surface area contributed by atoms with Crippen LogP contribution < -0.4 is 27.0 Å². The van der Waals surface area contributed by atoms with E-state index in [1.807, 2.05) is 24.3 Å². The molecule has 0 aliphatic carbocycles. The van der Waals surface area contributed by atoms with Crippen LogP contribution in [0.1, 0.15) is 37.7 Å². The van der Waals surface area contributed by atoms with Gasteiger partial charge in [0.05, 0.1) is 6.04 Å². The monoisotopic (exact) mass is 532 g/mol. The highest BCUT2D eigenvalue weighted by atomic mass is 32.1. The summed E-state index contributed by atoms with van der Waals surface area (Å²) in [5.41, 5.74) is 7.27. The zero-order valence-corrected chi connectivity index (χ0v) is 21.6. The van der Waals surface area contributed by atoms with Crippen LogP contribution in [-0.4, -0.2) is 76.8 Å². The predicted octanol–water partition coefficient (Wildman–Crippen LogP) is 0.0602. The number of carboxylic acids is 1. The van der Waals surface area contributed by atoms with Crippen molar-refractivity contribution in [2.24, 2.45) is 5.73 Å². The van der Waals surface area contributed by atoms with Crippen LogP contribution >= 0.6 is 12.6 Å². The number of para-hydroxylation sites is 1. The van der Waals surface area contributed by atoms with Crippen LogP contribution in [0.3, 0.4) is 0 Å². The van der Waals surface area contributed by atoms with E-state index in [0.717, 1.165) is 29.4 Å². The van der Waals surface area contributed by atoms with Crippen LogP contribution in [0, 0.1) is 0 Å². The van der Waals surface area contributed by atoms with Gasteiger partial charge in [0.15, 0.2) is 0 Å². The topological polar surface area (TPSA) is 178 Å². The van der Waals surface area contributed by atoms with E-state index in [-0.39, 0.29) is 24.1 Å². The summed E-state index contributed by atoms with van der Waals surface area (Å²) in [5.74, 6) is -2.76. The van der Waals surface area contributed by atoms with Crippen LogP contribution in [-0.2, 0) is 25.6 Å². The Morgan fingerprint density at radius 2 is 1.78 bits per heavy atom. The molecule has 12 heteroatoms. The summed E-state index contributed by atoms with van der Waals surface area (Å²) in [5, 5.41) is 21.4. The molecule has 2 aromatic rings. The number of nitrogens with one attached hydrogen (secondary N) is 5. The maximum Gasteiger partial charge on any atom is 0.327 e. The number of benzene rings is 1. The number of H-pyrrole nitrogens is 1. The van der Waals surface area contributed by atoms with Crippen molar-refractivity contribution in [1.82, 2.24) is 26.3 Å². The molecule has 0 bridgehead atoms. The zero-order valence-electron chi connectivity index (χ0n) is 20.7. The summed E-state index contributed by atoms with van der Waals surface area (Å²) >= 11 is 4.01. The molecule has 11 nitrogen and oxygen atoms in total. The number of carboxylic acid groups (broad SMARTS) is 1. The van der Waals surface area contributed by atoms with E-state index >= 15 is 0 Å². The van der Waals surface area contributed by atoms with Gasteiger partial charge in [-0.2, -0.15) is 12.6 Å². The number of fused-ring (bicyclic) bond motifs is 1. The van der Waals surface area contributed by atoms with Crippen molar-refractivity contribution in [3.8, 4) is 0 Å². The number of carbonyl (C=O) groups excluding carboxylic acids is 3. The highest BCUT2D eigenvalue weighted by Gasteiger charge is 2.31. The first-order valence-electron chi connectivity index (χ1n) is 12.6. The van der Waals surface area contributed by atoms with Gasteiger partial charge in [0, 0.05) is 29.3 Å². The molecule has 0 spiro atoms. The molecule has 1 fully saturated rings. The van der Waals surface area contributed by atoms with E-state index in [1.54, 1.807) is 6.20 Å². The van der Waals surface area contributed by atoms with Crippen LogP contribution in [0.2, 0.25) is 0 Å². The molecular weight excluding hydrogens is 496 g/mol. The standard InChI is InChI=1S/C25H36N6O5S/c26-10-4-3-8-19(29-22(32)18-9-5-11-27-18)23(33)30-20(24(34)31-21(14-37)25(35)36)12-15-13-28-17-7-2-1-6-16(15)17/h1-2,6-7,13,18-21,27-28,37H,3-5,8-12,14,26H2,(H,29,32)(H,30,33)(H,31,34)(H,35,36). The van der Waals surface area contributed by atoms with Crippen molar-refractivity contribution in [2.75, 3.05) is 18.8 Å². The number of carbonyl (C=O) groups is 4. The number of amides is 3. The Kier molecular flexibility index (Phi) is 10.8. The van der Waals surface area contributed by atoms with E-state index in [0.29, 0.717) is 32.2 Å². The molecule has 8 N–H and O–H groups in total. The lowest BCUT2D eigenvalue weighted by atomic mass is 10.0. The second kappa shape index (κ2) is 14.0. The number of aromatic amines is 1. The smallest absolute Gasteiger partial charge is 0.327 e. The van der Waals surface area contributed by atoms with Gasteiger partial charge in [-0.05, 0) is 56.8 Å². The maximum atomic E-state index is 13.4. The van der Waals surface area contributed by atoms with Crippen molar-refractivity contribution in [1.29, 1.82) is 0 Å². The summed E-state index contributed by atoms with van der Waals surface area (Å²) in [7, 11) is 0. The lowest BCUT2D eigenvalue weighted by molar-refractivity contribution is -0.141. The number of rotatable bonds is 14. The fraction of sp³-hybridized carbons (Fsp3) is 0.520. The Hall–Kier alpha value is -3.09. The molecule has 4 atom stereocenters. The fourth-order valence-corrected chi connectivity index (χ4v) is 4.65. The Balaban J connectivity index is 1.80. The first kappa shape index (κ1) is 28.5. The summed E-state index contributed by atoms with van der Waals surface area (Å²) < 4.78 is 0. The predicted molar refractivity (Wildman–Crippen MR) is 143 cm³/mol. The van der Waals surface area contributed by atoms with Gasteiger partial charge in [-0.25, -0.2) is 4.79 Å². The van der Waals surface area contributed by atoms with E-state index in [1.165, 1.54) is 0 Å². The second-order valence-electron chi connectivity index (χ2n) is 9.20. The van der Waals surface area contributed by atoms with E-state index in [4.69, 9.17) is 5.73 Å². The molecule has 37 heavy (non-hydrogen) atoms. The van der Waals surface area contributed by atoms with Gasteiger partial charge in [0.1, 0.15) is 18.1 Å². The molecule has 1 saturated heterocycles. The number of aliphatic carboxylic acids is 1. The first-order chi connectivity index (χ1) is 17.8. The highest BCUT2D eigenvalue weighted by Crippen LogP contribution is 2.19. The Bertz CT molecular complexity index is 1090. The van der Waals surface area contributed by atoms with Gasteiger partial charge in [0.25, 0.3) is 0 Å². The maximum absolute atomic E-state index is 13.4. The third kappa shape index (κ3) is 7.94. The number of nitrogens with two attached hydrogens (primary N) is 1. The molecule has 3 rings (SSSR count). The van der Waals surface area contributed by atoms with Gasteiger partial charge < -0.3 is 37.1 Å². The van der Waals surface area contributed by atoms with Gasteiger partial charge >= 0.3 is 5.97 Å². The summed E-state index contributed by atoms with van der Waals surface area (Å²) in [6.07, 6.45) is 5.11. The third-order valence-electron chi connectivity index (χ3n) is 6.49. The van der Waals surface area contributed by atoms with E-state index < -0.39 is 35.9 Å². The molecule has 4 unspecified atom stereocenters. The molecule has 1 aliphatic rings. The average Bonchev–Trinajstić information content (AvgIpc) is 3.57. The summed E-state index contributed by atoms with van der Waals surface area (Å²) in [4.78, 5) is 53.9. The normalized spacial score (nSPS) is 17.6. The second-order valence-corrected chi connectivity index (χ2v) is 9.57.